The number of hydrogen-bond acceptors (Lipinski definition) is 3. The van der Waals surface area contributed by atoms with Crippen molar-refractivity contribution in [3.8, 4) is 5.75 Å². The van der Waals surface area contributed by atoms with Crippen molar-refractivity contribution in [2.24, 2.45) is 0 Å². The van der Waals surface area contributed by atoms with Crippen LogP contribution in [0.4, 0.5) is 4.39 Å². The number of nitrogens with one attached hydrogen (secondary N) is 1. The number of rotatable bonds is 9. The monoisotopic (exact) mass is 420 g/mol. The summed E-state index contributed by atoms with van der Waals surface area (Å²) in [6.45, 7) is 2.67. The van der Waals surface area contributed by atoms with E-state index < -0.39 is 0 Å². The van der Waals surface area contributed by atoms with Crippen LogP contribution in [0.1, 0.15) is 28.4 Å². The topological polar surface area (TPSA) is 58.6 Å². The zero-order chi connectivity index (χ0) is 22.1. The van der Waals surface area contributed by atoms with Crippen molar-refractivity contribution in [2.75, 3.05) is 13.1 Å². The molecule has 0 radical (unpaired) electrons. The van der Waals surface area contributed by atoms with Gasteiger partial charge < -0.3 is 15.0 Å². The number of nitrogens with zero attached hydrogens (tertiary/aromatic N) is 1. The summed E-state index contributed by atoms with van der Waals surface area (Å²) < 4.78 is 18.8. The van der Waals surface area contributed by atoms with Crippen molar-refractivity contribution < 1.29 is 18.7 Å². The standard InChI is InChI=1S/C25H25FN2O3/c1-2-28(17-24(29)27-16-19-12-14-21(26)15-13-19)25(30)23-11-7-6-8-20(23)18-31-22-9-4-3-5-10-22/h3-15H,2,16-18H2,1H3,(H,27,29). The summed E-state index contributed by atoms with van der Waals surface area (Å²) in [6, 6.07) is 22.5. The summed E-state index contributed by atoms with van der Waals surface area (Å²) in [6.07, 6.45) is 0. The lowest BCUT2D eigenvalue weighted by molar-refractivity contribution is -0.121. The Labute approximate surface area is 181 Å². The maximum atomic E-state index is 13.1. The third kappa shape index (κ3) is 6.40. The molecule has 0 fully saturated rings. The molecule has 1 N–H and O–H groups in total. The first-order valence-electron chi connectivity index (χ1n) is 10.1. The molecule has 0 spiro atoms. The Morgan fingerprint density at radius 1 is 0.935 bits per heavy atom. The highest BCUT2D eigenvalue weighted by Crippen LogP contribution is 2.16. The minimum atomic E-state index is -0.326. The number of carbonyl (C=O) groups excluding carboxylic acids is 2. The average molecular weight is 420 g/mol. The van der Waals surface area contributed by atoms with Crippen molar-refractivity contribution in [3.05, 3.63) is 101 Å². The Kier molecular flexibility index (Phi) is 7.76. The Bertz CT molecular complexity index is 1010. The van der Waals surface area contributed by atoms with E-state index in [0.29, 0.717) is 12.1 Å². The largest absolute Gasteiger partial charge is 0.489 e. The van der Waals surface area contributed by atoms with E-state index in [1.807, 2.05) is 49.4 Å². The predicted octanol–water partition coefficient (Wildman–Crippen LogP) is 4.18. The minimum Gasteiger partial charge on any atom is -0.489 e. The molecular weight excluding hydrogens is 395 g/mol. The van der Waals surface area contributed by atoms with Crippen LogP contribution in [0.3, 0.4) is 0 Å². The van der Waals surface area contributed by atoms with E-state index in [-0.39, 0.29) is 37.3 Å². The van der Waals surface area contributed by atoms with Gasteiger partial charge in [-0.1, -0.05) is 48.5 Å². The number of para-hydroxylation sites is 1. The second kappa shape index (κ2) is 10.9. The molecule has 3 rings (SSSR count). The van der Waals surface area contributed by atoms with Gasteiger partial charge >= 0.3 is 0 Å². The summed E-state index contributed by atoms with van der Waals surface area (Å²) in [7, 11) is 0. The lowest BCUT2D eigenvalue weighted by atomic mass is 10.1. The van der Waals surface area contributed by atoms with E-state index in [0.717, 1.165) is 16.9 Å². The lowest BCUT2D eigenvalue weighted by Gasteiger charge is -2.22. The van der Waals surface area contributed by atoms with Crippen molar-refractivity contribution in [3.63, 3.8) is 0 Å². The van der Waals surface area contributed by atoms with E-state index in [1.54, 1.807) is 24.3 Å². The van der Waals surface area contributed by atoms with Crippen LogP contribution in [0.15, 0.2) is 78.9 Å². The van der Waals surface area contributed by atoms with Crippen molar-refractivity contribution in [2.45, 2.75) is 20.1 Å². The van der Waals surface area contributed by atoms with Gasteiger partial charge in [0.25, 0.3) is 5.91 Å². The molecule has 3 aromatic carbocycles. The highest BCUT2D eigenvalue weighted by atomic mass is 19.1. The molecule has 31 heavy (non-hydrogen) atoms. The average Bonchev–Trinajstić information content (AvgIpc) is 2.81. The summed E-state index contributed by atoms with van der Waals surface area (Å²) in [5, 5.41) is 2.77. The number of ether oxygens (including phenoxy) is 1. The summed E-state index contributed by atoms with van der Waals surface area (Å²) >= 11 is 0. The Morgan fingerprint density at radius 2 is 1.61 bits per heavy atom. The summed E-state index contributed by atoms with van der Waals surface area (Å²) in [5.74, 6) is -0.116. The molecule has 0 aliphatic heterocycles. The molecule has 0 bridgehead atoms. The highest BCUT2D eigenvalue weighted by molar-refractivity contribution is 5.97. The van der Waals surface area contributed by atoms with Gasteiger partial charge in [-0.15, -0.1) is 0 Å². The molecule has 6 heteroatoms. The molecule has 0 aromatic heterocycles. The normalized spacial score (nSPS) is 10.4. The van der Waals surface area contributed by atoms with Gasteiger partial charge in [-0.3, -0.25) is 9.59 Å². The first-order valence-corrected chi connectivity index (χ1v) is 10.1. The molecule has 0 atom stereocenters. The number of carbonyl (C=O) groups is 2. The molecule has 0 heterocycles. The van der Waals surface area contributed by atoms with Crippen LogP contribution in [0.25, 0.3) is 0 Å². The number of halogens is 1. The fraction of sp³-hybridized carbons (Fsp3) is 0.200. The van der Waals surface area contributed by atoms with Gasteiger partial charge in [0.2, 0.25) is 5.91 Å². The minimum absolute atomic E-state index is 0.0651. The zero-order valence-electron chi connectivity index (χ0n) is 17.4. The van der Waals surface area contributed by atoms with E-state index in [2.05, 4.69) is 5.32 Å². The Hall–Kier alpha value is -3.67. The second-order valence-corrected chi connectivity index (χ2v) is 6.98. The van der Waals surface area contributed by atoms with Gasteiger partial charge in [0, 0.05) is 24.2 Å². The first kappa shape index (κ1) is 22.0. The van der Waals surface area contributed by atoms with Crippen LogP contribution >= 0.6 is 0 Å². The van der Waals surface area contributed by atoms with Gasteiger partial charge in [0.05, 0.1) is 6.54 Å². The van der Waals surface area contributed by atoms with Crippen LogP contribution < -0.4 is 10.1 Å². The predicted molar refractivity (Wildman–Crippen MR) is 117 cm³/mol. The number of likely N-dealkylation sites (N-methyl/N-ethyl adjacent to an activating group) is 1. The Morgan fingerprint density at radius 3 is 2.32 bits per heavy atom. The molecule has 160 valence electrons. The molecule has 0 aliphatic carbocycles. The second-order valence-electron chi connectivity index (χ2n) is 6.98. The van der Waals surface area contributed by atoms with E-state index in [1.165, 1.54) is 17.0 Å². The van der Waals surface area contributed by atoms with Crippen LogP contribution in [0.5, 0.6) is 5.75 Å². The van der Waals surface area contributed by atoms with Crippen molar-refractivity contribution >= 4 is 11.8 Å². The lowest BCUT2D eigenvalue weighted by Crippen LogP contribution is -2.40. The van der Waals surface area contributed by atoms with Crippen LogP contribution in [-0.4, -0.2) is 29.8 Å². The first-order chi connectivity index (χ1) is 15.1. The summed E-state index contributed by atoms with van der Waals surface area (Å²) in [4.78, 5) is 27.0. The van der Waals surface area contributed by atoms with E-state index in [9.17, 15) is 14.0 Å². The van der Waals surface area contributed by atoms with Crippen LogP contribution in [0.2, 0.25) is 0 Å². The Balaban J connectivity index is 1.61. The van der Waals surface area contributed by atoms with Gasteiger partial charge in [-0.25, -0.2) is 4.39 Å². The van der Waals surface area contributed by atoms with Crippen LogP contribution in [-0.2, 0) is 17.9 Å². The highest BCUT2D eigenvalue weighted by Gasteiger charge is 2.20. The molecule has 0 saturated carbocycles. The zero-order valence-corrected chi connectivity index (χ0v) is 17.4. The van der Waals surface area contributed by atoms with Crippen molar-refractivity contribution in [1.82, 2.24) is 10.2 Å². The third-order valence-electron chi connectivity index (χ3n) is 4.79. The molecule has 0 unspecified atom stereocenters. The molecule has 3 aromatic rings. The number of benzene rings is 3. The van der Waals surface area contributed by atoms with E-state index in [4.69, 9.17) is 4.74 Å². The van der Waals surface area contributed by atoms with Crippen LogP contribution in [0, 0.1) is 5.82 Å². The molecule has 0 saturated heterocycles. The number of amides is 2. The fourth-order valence-corrected chi connectivity index (χ4v) is 3.06. The smallest absolute Gasteiger partial charge is 0.254 e. The SMILES string of the molecule is CCN(CC(=O)NCc1ccc(F)cc1)C(=O)c1ccccc1COc1ccccc1. The van der Waals surface area contributed by atoms with Gasteiger partial charge in [0.1, 0.15) is 18.2 Å². The third-order valence-corrected chi connectivity index (χ3v) is 4.79. The molecular formula is C25H25FN2O3. The van der Waals surface area contributed by atoms with Gasteiger partial charge in [-0.2, -0.15) is 0 Å². The molecule has 0 aliphatic rings. The maximum absolute atomic E-state index is 13.1. The van der Waals surface area contributed by atoms with Gasteiger partial charge in [-0.05, 0) is 42.8 Å². The summed E-state index contributed by atoms with van der Waals surface area (Å²) in [5.41, 5.74) is 2.04. The van der Waals surface area contributed by atoms with E-state index >= 15 is 0 Å². The molecule has 5 nitrogen and oxygen atoms in total. The van der Waals surface area contributed by atoms with Gasteiger partial charge in [0.15, 0.2) is 0 Å². The fourth-order valence-electron chi connectivity index (χ4n) is 3.06. The maximum Gasteiger partial charge on any atom is 0.254 e. The number of hydrogen-bond donors (Lipinski definition) is 1. The van der Waals surface area contributed by atoms with Crippen molar-refractivity contribution in [1.29, 1.82) is 0 Å². The molecule has 2 amide bonds. The quantitative estimate of drug-likeness (QED) is 0.565.